The van der Waals surface area contributed by atoms with E-state index in [4.69, 9.17) is 4.98 Å². The van der Waals surface area contributed by atoms with Crippen LogP contribution in [0.25, 0.3) is 11.0 Å². The fourth-order valence-electron chi connectivity index (χ4n) is 3.20. The van der Waals surface area contributed by atoms with Crippen molar-refractivity contribution in [3.63, 3.8) is 0 Å². The lowest BCUT2D eigenvalue weighted by molar-refractivity contribution is -0.130. The highest BCUT2D eigenvalue weighted by Crippen LogP contribution is 2.28. The molecule has 0 aliphatic carbocycles. The van der Waals surface area contributed by atoms with Gasteiger partial charge in [0, 0.05) is 26.4 Å². The number of aromatic nitrogens is 2. The molecule has 0 N–H and O–H groups in total. The molecular weight excluding hydrogens is 250 g/mol. The van der Waals surface area contributed by atoms with Crippen LogP contribution in [0.3, 0.4) is 0 Å². The van der Waals surface area contributed by atoms with Gasteiger partial charge in [-0.05, 0) is 25.0 Å². The van der Waals surface area contributed by atoms with Crippen LogP contribution < -0.4 is 0 Å². The Balaban J connectivity index is 2.02. The summed E-state index contributed by atoms with van der Waals surface area (Å²) in [5.74, 6) is 1.30. The zero-order valence-electron chi connectivity index (χ0n) is 12.2. The van der Waals surface area contributed by atoms with Gasteiger partial charge in [-0.15, -0.1) is 0 Å². The summed E-state index contributed by atoms with van der Waals surface area (Å²) < 4.78 is 2.35. The van der Waals surface area contributed by atoms with Gasteiger partial charge in [-0.1, -0.05) is 19.1 Å². The number of carbonyl (C=O) groups excluding carboxylic acids is 1. The average Bonchev–Trinajstić information content (AvgIpc) is 2.85. The third-order valence-corrected chi connectivity index (χ3v) is 4.19. The van der Waals surface area contributed by atoms with Crippen molar-refractivity contribution in [3.05, 3.63) is 30.1 Å². The predicted octanol–water partition coefficient (Wildman–Crippen LogP) is 2.78. The standard InChI is InChI=1S/C16H21N3O/c1-3-16-17-14-8-4-5-9-15(14)19(16)13-7-6-10-18(11-13)12(2)20/h4-5,8-9,13H,3,6-7,10-11H2,1-2H3. The molecule has 106 valence electrons. The minimum Gasteiger partial charge on any atom is -0.341 e. The molecule has 0 radical (unpaired) electrons. The molecule has 1 unspecified atom stereocenters. The number of amides is 1. The fourth-order valence-corrected chi connectivity index (χ4v) is 3.20. The molecule has 4 nitrogen and oxygen atoms in total. The number of fused-ring (bicyclic) bond motifs is 1. The van der Waals surface area contributed by atoms with E-state index in [0.717, 1.165) is 43.7 Å². The summed E-state index contributed by atoms with van der Waals surface area (Å²) in [6.45, 7) is 5.50. The number of rotatable bonds is 2. The van der Waals surface area contributed by atoms with Gasteiger partial charge < -0.3 is 9.47 Å². The van der Waals surface area contributed by atoms with Gasteiger partial charge in [-0.25, -0.2) is 4.98 Å². The molecule has 4 heteroatoms. The second-order valence-electron chi connectivity index (χ2n) is 5.50. The SMILES string of the molecule is CCc1nc2ccccc2n1C1CCCN(C(C)=O)C1. The maximum absolute atomic E-state index is 11.6. The summed E-state index contributed by atoms with van der Waals surface area (Å²) >= 11 is 0. The smallest absolute Gasteiger partial charge is 0.219 e. The summed E-state index contributed by atoms with van der Waals surface area (Å²) in [5.41, 5.74) is 2.25. The van der Waals surface area contributed by atoms with E-state index in [2.05, 4.69) is 29.7 Å². The summed E-state index contributed by atoms with van der Waals surface area (Å²) in [5, 5.41) is 0. The van der Waals surface area contributed by atoms with Crippen molar-refractivity contribution in [2.24, 2.45) is 0 Å². The highest BCUT2D eigenvalue weighted by atomic mass is 16.2. The van der Waals surface area contributed by atoms with Gasteiger partial charge in [-0.3, -0.25) is 4.79 Å². The Morgan fingerprint density at radius 1 is 1.40 bits per heavy atom. The Morgan fingerprint density at radius 3 is 2.95 bits per heavy atom. The molecule has 2 heterocycles. The molecule has 2 aromatic rings. The van der Waals surface area contributed by atoms with E-state index in [1.54, 1.807) is 6.92 Å². The van der Waals surface area contributed by atoms with E-state index in [-0.39, 0.29) is 5.91 Å². The first kappa shape index (κ1) is 13.2. The number of hydrogen-bond donors (Lipinski definition) is 0. The first-order valence-corrected chi connectivity index (χ1v) is 7.42. The average molecular weight is 271 g/mol. The van der Waals surface area contributed by atoms with Gasteiger partial charge in [0.1, 0.15) is 5.82 Å². The Bertz CT molecular complexity index is 632. The minimum atomic E-state index is 0.178. The lowest BCUT2D eigenvalue weighted by Gasteiger charge is -2.33. The first-order chi connectivity index (χ1) is 9.70. The number of nitrogens with zero attached hydrogens (tertiary/aromatic N) is 3. The number of hydrogen-bond acceptors (Lipinski definition) is 2. The van der Waals surface area contributed by atoms with Gasteiger partial charge in [0.05, 0.1) is 17.1 Å². The molecule has 1 aromatic carbocycles. The number of para-hydroxylation sites is 2. The Labute approximate surface area is 119 Å². The zero-order chi connectivity index (χ0) is 14.1. The number of likely N-dealkylation sites (tertiary alicyclic amines) is 1. The van der Waals surface area contributed by atoms with Gasteiger partial charge in [0.2, 0.25) is 5.91 Å². The minimum absolute atomic E-state index is 0.178. The zero-order valence-corrected chi connectivity index (χ0v) is 12.2. The molecule has 1 amide bonds. The molecule has 1 aliphatic rings. The lowest BCUT2D eigenvalue weighted by atomic mass is 10.0. The van der Waals surface area contributed by atoms with E-state index in [1.165, 1.54) is 5.52 Å². The summed E-state index contributed by atoms with van der Waals surface area (Å²) in [6, 6.07) is 8.65. The number of benzene rings is 1. The summed E-state index contributed by atoms with van der Waals surface area (Å²) in [6.07, 6.45) is 3.11. The van der Waals surface area contributed by atoms with E-state index in [0.29, 0.717) is 6.04 Å². The number of piperidine rings is 1. The van der Waals surface area contributed by atoms with Gasteiger partial charge in [0.15, 0.2) is 0 Å². The van der Waals surface area contributed by atoms with Crippen LogP contribution in [0.15, 0.2) is 24.3 Å². The molecule has 1 atom stereocenters. The first-order valence-electron chi connectivity index (χ1n) is 7.42. The van der Waals surface area contributed by atoms with Crippen LogP contribution in [0.5, 0.6) is 0 Å². The maximum atomic E-state index is 11.6. The molecule has 0 bridgehead atoms. The topological polar surface area (TPSA) is 38.1 Å². The molecule has 20 heavy (non-hydrogen) atoms. The summed E-state index contributed by atoms with van der Waals surface area (Å²) in [4.78, 5) is 18.3. The normalized spacial score (nSPS) is 19.5. The second-order valence-corrected chi connectivity index (χ2v) is 5.50. The largest absolute Gasteiger partial charge is 0.341 e. The molecule has 1 aromatic heterocycles. The predicted molar refractivity (Wildman–Crippen MR) is 79.6 cm³/mol. The lowest BCUT2D eigenvalue weighted by Crippen LogP contribution is -2.39. The van der Waals surface area contributed by atoms with E-state index in [9.17, 15) is 4.79 Å². The van der Waals surface area contributed by atoms with Gasteiger partial charge in [-0.2, -0.15) is 0 Å². The van der Waals surface area contributed by atoms with Crippen LogP contribution in [0, 0.1) is 0 Å². The van der Waals surface area contributed by atoms with Crippen LogP contribution in [0.1, 0.15) is 38.6 Å². The Morgan fingerprint density at radius 2 is 2.20 bits per heavy atom. The monoisotopic (exact) mass is 271 g/mol. The third-order valence-electron chi connectivity index (χ3n) is 4.19. The molecule has 1 saturated heterocycles. The van der Waals surface area contributed by atoms with Crippen molar-refractivity contribution in [3.8, 4) is 0 Å². The van der Waals surface area contributed by atoms with Crippen molar-refractivity contribution in [1.82, 2.24) is 14.5 Å². The highest BCUT2D eigenvalue weighted by Gasteiger charge is 2.25. The Kier molecular flexibility index (Phi) is 3.47. The number of aryl methyl sites for hydroxylation is 1. The molecular formula is C16H21N3O. The van der Waals surface area contributed by atoms with Gasteiger partial charge >= 0.3 is 0 Å². The Hall–Kier alpha value is -1.84. The van der Waals surface area contributed by atoms with Crippen molar-refractivity contribution in [1.29, 1.82) is 0 Å². The van der Waals surface area contributed by atoms with Crippen molar-refractivity contribution in [2.45, 2.75) is 39.2 Å². The van der Waals surface area contributed by atoms with E-state index >= 15 is 0 Å². The van der Waals surface area contributed by atoms with E-state index in [1.807, 2.05) is 11.0 Å². The fraction of sp³-hybridized carbons (Fsp3) is 0.500. The molecule has 0 saturated carbocycles. The molecule has 3 rings (SSSR count). The quantitative estimate of drug-likeness (QED) is 0.842. The van der Waals surface area contributed by atoms with Crippen LogP contribution in [0.4, 0.5) is 0 Å². The van der Waals surface area contributed by atoms with Crippen LogP contribution >= 0.6 is 0 Å². The maximum Gasteiger partial charge on any atom is 0.219 e. The van der Waals surface area contributed by atoms with E-state index < -0.39 is 0 Å². The van der Waals surface area contributed by atoms with Crippen LogP contribution in [-0.4, -0.2) is 33.4 Å². The van der Waals surface area contributed by atoms with Crippen LogP contribution in [-0.2, 0) is 11.2 Å². The summed E-state index contributed by atoms with van der Waals surface area (Å²) in [7, 11) is 0. The molecule has 1 fully saturated rings. The van der Waals surface area contributed by atoms with Gasteiger partial charge in [0.25, 0.3) is 0 Å². The number of imidazole rings is 1. The molecule has 1 aliphatic heterocycles. The van der Waals surface area contributed by atoms with Crippen molar-refractivity contribution in [2.75, 3.05) is 13.1 Å². The third kappa shape index (κ3) is 2.19. The van der Waals surface area contributed by atoms with Crippen LogP contribution in [0.2, 0.25) is 0 Å². The van der Waals surface area contributed by atoms with Crippen molar-refractivity contribution >= 4 is 16.9 Å². The second kappa shape index (κ2) is 5.27. The molecule has 0 spiro atoms. The highest BCUT2D eigenvalue weighted by molar-refractivity contribution is 5.76. The van der Waals surface area contributed by atoms with Crippen molar-refractivity contribution < 1.29 is 4.79 Å². The number of carbonyl (C=O) groups is 1.